The minimum atomic E-state index is 0.161. The highest BCUT2D eigenvalue weighted by Crippen LogP contribution is 2.30. The average Bonchev–Trinajstić information content (AvgIpc) is 2.50. The first-order valence-electron chi connectivity index (χ1n) is 7.23. The Kier molecular flexibility index (Phi) is 7.41. The van der Waals surface area contributed by atoms with Crippen molar-refractivity contribution in [3.63, 3.8) is 0 Å². The SMILES string of the molecule is CCNC(COC(C)CC)c1ccc(OC)c(OC)c1. The number of methoxy groups -OCH3 is 2. The highest BCUT2D eigenvalue weighted by Gasteiger charge is 2.14. The molecule has 1 aromatic rings. The third kappa shape index (κ3) is 4.69. The van der Waals surface area contributed by atoms with Gasteiger partial charge in [-0.3, -0.25) is 0 Å². The molecule has 0 saturated heterocycles. The summed E-state index contributed by atoms with van der Waals surface area (Å²) in [4.78, 5) is 0. The van der Waals surface area contributed by atoms with E-state index in [1.807, 2.05) is 12.1 Å². The zero-order valence-corrected chi connectivity index (χ0v) is 13.2. The fraction of sp³-hybridized carbons (Fsp3) is 0.625. The van der Waals surface area contributed by atoms with Crippen LogP contribution in [0.15, 0.2) is 18.2 Å². The van der Waals surface area contributed by atoms with Crippen molar-refractivity contribution in [3.8, 4) is 11.5 Å². The largest absolute Gasteiger partial charge is 0.493 e. The van der Waals surface area contributed by atoms with Crippen molar-refractivity contribution >= 4 is 0 Å². The summed E-state index contributed by atoms with van der Waals surface area (Å²) in [6.07, 6.45) is 1.29. The first-order chi connectivity index (χ1) is 9.65. The molecule has 0 spiro atoms. The van der Waals surface area contributed by atoms with Crippen molar-refractivity contribution in [2.45, 2.75) is 39.3 Å². The number of benzene rings is 1. The van der Waals surface area contributed by atoms with Gasteiger partial charge in [0.25, 0.3) is 0 Å². The summed E-state index contributed by atoms with van der Waals surface area (Å²) in [5, 5.41) is 3.45. The van der Waals surface area contributed by atoms with Gasteiger partial charge in [0.2, 0.25) is 0 Å². The lowest BCUT2D eigenvalue weighted by molar-refractivity contribution is 0.0476. The molecular weight excluding hydrogens is 254 g/mol. The smallest absolute Gasteiger partial charge is 0.161 e. The van der Waals surface area contributed by atoms with Gasteiger partial charge in [-0.15, -0.1) is 0 Å². The summed E-state index contributed by atoms with van der Waals surface area (Å²) >= 11 is 0. The van der Waals surface area contributed by atoms with Gasteiger partial charge in [-0.2, -0.15) is 0 Å². The molecule has 0 aromatic heterocycles. The molecule has 114 valence electrons. The Labute approximate surface area is 122 Å². The van der Waals surface area contributed by atoms with Gasteiger partial charge in [-0.1, -0.05) is 19.9 Å². The van der Waals surface area contributed by atoms with Crippen LogP contribution >= 0.6 is 0 Å². The summed E-state index contributed by atoms with van der Waals surface area (Å²) in [5.41, 5.74) is 1.15. The molecule has 2 atom stereocenters. The van der Waals surface area contributed by atoms with E-state index < -0.39 is 0 Å². The Morgan fingerprint density at radius 3 is 2.35 bits per heavy atom. The molecular formula is C16H27NO3. The van der Waals surface area contributed by atoms with Crippen LogP contribution in [-0.4, -0.2) is 33.5 Å². The van der Waals surface area contributed by atoms with E-state index in [0.29, 0.717) is 6.61 Å². The first kappa shape index (κ1) is 16.8. The van der Waals surface area contributed by atoms with E-state index >= 15 is 0 Å². The van der Waals surface area contributed by atoms with Crippen molar-refractivity contribution in [2.24, 2.45) is 0 Å². The van der Waals surface area contributed by atoms with Gasteiger partial charge >= 0.3 is 0 Å². The van der Waals surface area contributed by atoms with E-state index in [0.717, 1.165) is 30.0 Å². The quantitative estimate of drug-likeness (QED) is 0.754. The Morgan fingerprint density at radius 1 is 1.10 bits per heavy atom. The summed E-state index contributed by atoms with van der Waals surface area (Å²) in [7, 11) is 3.30. The molecule has 0 fully saturated rings. The first-order valence-corrected chi connectivity index (χ1v) is 7.23. The molecule has 1 aromatic carbocycles. The van der Waals surface area contributed by atoms with E-state index in [4.69, 9.17) is 14.2 Å². The molecule has 1 rings (SSSR count). The van der Waals surface area contributed by atoms with E-state index in [1.165, 1.54) is 0 Å². The predicted molar refractivity (Wildman–Crippen MR) is 81.7 cm³/mol. The van der Waals surface area contributed by atoms with Gasteiger partial charge in [0, 0.05) is 0 Å². The minimum absolute atomic E-state index is 0.161. The number of rotatable bonds is 9. The molecule has 0 heterocycles. The van der Waals surface area contributed by atoms with Crippen LogP contribution in [0.25, 0.3) is 0 Å². The summed E-state index contributed by atoms with van der Waals surface area (Å²) in [6.45, 7) is 7.86. The summed E-state index contributed by atoms with van der Waals surface area (Å²) in [6, 6.07) is 6.15. The lowest BCUT2D eigenvalue weighted by Gasteiger charge is -2.21. The van der Waals surface area contributed by atoms with Gasteiger partial charge < -0.3 is 19.5 Å². The van der Waals surface area contributed by atoms with Crippen molar-refractivity contribution in [1.82, 2.24) is 5.32 Å². The maximum Gasteiger partial charge on any atom is 0.161 e. The predicted octanol–water partition coefficient (Wildman–Crippen LogP) is 3.17. The monoisotopic (exact) mass is 281 g/mol. The molecule has 0 bridgehead atoms. The van der Waals surface area contributed by atoms with Crippen molar-refractivity contribution in [3.05, 3.63) is 23.8 Å². The molecule has 1 N–H and O–H groups in total. The molecule has 0 aliphatic rings. The van der Waals surface area contributed by atoms with E-state index in [9.17, 15) is 0 Å². The Balaban J connectivity index is 2.85. The molecule has 4 heteroatoms. The zero-order valence-electron chi connectivity index (χ0n) is 13.2. The van der Waals surface area contributed by atoms with Gasteiger partial charge in [0.05, 0.1) is 33.0 Å². The van der Waals surface area contributed by atoms with E-state index in [2.05, 4.69) is 32.2 Å². The molecule has 0 aliphatic carbocycles. The van der Waals surface area contributed by atoms with Crippen LogP contribution in [-0.2, 0) is 4.74 Å². The number of nitrogens with one attached hydrogen (secondary N) is 1. The summed E-state index contributed by atoms with van der Waals surface area (Å²) in [5.74, 6) is 1.49. The highest BCUT2D eigenvalue weighted by molar-refractivity contribution is 5.43. The van der Waals surface area contributed by atoms with Crippen LogP contribution in [0.5, 0.6) is 11.5 Å². The van der Waals surface area contributed by atoms with Crippen molar-refractivity contribution in [1.29, 1.82) is 0 Å². The number of likely N-dealkylation sites (N-methyl/N-ethyl adjacent to an activating group) is 1. The Bertz CT molecular complexity index is 395. The molecule has 2 unspecified atom stereocenters. The average molecular weight is 281 g/mol. The van der Waals surface area contributed by atoms with Crippen LogP contribution in [0, 0.1) is 0 Å². The van der Waals surface area contributed by atoms with Crippen LogP contribution in [0.4, 0.5) is 0 Å². The van der Waals surface area contributed by atoms with Gasteiger partial charge in [-0.25, -0.2) is 0 Å². The van der Waals surface area contributed by atoms with E-state index in [-0.39, 0.29) is 12.1 Å². The molecule has 0 amide bonds. The second-order valence-electron chi connectivity index (χ2n) is 4.78. The lowest BCUT2D eigenvalue weighted by atomic mass is 10.1. The molecule has 4 nitrogen and oxygen atoms in total. The number of hydrogen-bond acceptors (Lipinski definition) is 4. The van der Waals surface area contributed by atoms with Gasteiger partial charge in [0.15, 0.2) is 11.5 Å². The highest BCUT2D eigenvalue weighted by atomic mass is 16.5. The van der Waals surface area contributed by atoms with Gasteiger partial charge in [-0.05, 0) is 37.6 Å². The van der Waals surface area contributed by atoms with Crippen LogP contribution in [0.3, 0.4) is 0 Å². The number of hydrogen-bond donors (Lipinski definition) is 1. The lowest BCUT2D eigenvalue weighted by Crippen LogP contribution is -2.27. The second-order valence-corrected chi connectivity index (χ2v) is 4.78. The Hall–Kier alpha value is -1.26. The van der Waals surface area contributed by atoms with Gasteiger partial charge in [0.1, 0.15) is 0 Å². The number of ether oxygens (including phenoxy) is 3. The maximum atomic E-state index is 5.86. The second kappa shape index (κ2) is 8.82. The minimum Gasteiger partial charge on any atom is -0.493 e. The molecule has 0 saturated carbocycles. The fourth-order valence-electron chi connectivity index (χ4n) is 1.97. The topological polar surface area (TPSA) is 39.7 Å². The summed E-state index contributed by atoms with van der Waals surface area (Å²) < 4.78 is 16.5. The van der Waals surface area contributed by atoms with Crippen molar-refractivity contribution in [2.75, 3.05) is 27.4 Å². The molecule has 0 aliphatic heterocycles. The Morgan fingerprint density at radius 2 is 1.80 bits per heavy atom. The third-order valence-electron chi connectivity index (χ3n) is 3.38. The standard InChI is InChI=1S/C16H27NO3/c1-6-12(3)20-11-14(17-7-2)13-8-9-15(18-4)16(10-13)19-5/h8-10,12,14,17H,6-7,11H2,1-5H3. The third-order valence-corrected chi connectivity index (χ3v) is 3.38. The van der Waals surface area contributed by atoms with Crippen LogP contribution < -0.4 is 14.8 Å². The van der Waals surface area contributed by atoms with E-state index in [1.54, 1.807) is 14.2 Å². The van der Waals surface area contributed by atoms with Crippen LogP contribution in [0.1, 0.15) is 38.8 Å². The molecule has 20 heavy (non-hydrogen) atoms. The fourth-order valence-corrected chi connectivity index (χ4v) is 1.97. The normalized spacial score (nSPS) is 13.8. The molecule has 0 radical (unpaired) electrons. The maximum absolute atomic E-state index is 5.86. The zero-order chi connectivity index (χ0) is 15.0. The van der Waals surface area contributed by atoms with Crippen LogP contribution in [0.2, 0.25) is 0 Å². The van der Waals surface area contributed by atoms with Crippen molar-refractivity contribution < 1.29 is 14.2 Å².